The van der Waals surface area contributed by atoms with E-state index >= 15 is 0 Å². The predicted molar refractivity (Wildman–Crippen MR) is 59.1 cm³/mol. The summed E-state index contributed by atoms with van der Waals surface area (Å²) in [6, 6.07) is 0. The molecule has 0 spiro atoms. The second kappa shape index (κ2) is 3.69. The number of carbonyl (C=O) groups is 2. The lowest BCUT2D eigenvalue weighted by Crippen LogP contribution is -2.47. The first-order chi connectivity index (χ1) is 7.72. The molecule has 3 unspecified atom stereocenters. The number of carboxylic acid groups (broad SMARTS) is 1. The van der Waals surface area contributed by atoms with Crippen LogP contribution in [0.1, 0.15) is 19.8 Å². The van der Waals surface area contributed by atoms with Crippen molar-refractivity contribution in [1.82, 2.24) is 5.32 Å². The quantitative estimate of drug-likeness (QED) is 0.706. The standard InChI is InChI=1S/C10H15NO5S/c1-10(2-3-17(15,16)5-10)11-8(12)6-4-7(6)9(13)14/h6-7H,2-5H2,1H3,(H,11,12)(H,13,14). The van der Waals surface area contributed by atoms with Gasteiger partial charge in [-0.2, -0.15) is 0 Å². The van der Waals surface area contributed by atoms with Gasteiger partial charge in [-0.15, -0.1) is 0 Å². The Morgan fingerprint density at radius 3 is 2.41 bits per heavy atom. The summed E-state index contributed by atoms with van der Waals surface area (Å²) in [6.45, 7) is 1.69. The van der Waals surface area contributed by atoms with E-state index < -0.39 is 33.2 Å². The van der Waals surface area contributed by atoms with Crippen molar-refractivity contribution in [2.24, 2.45) is 11.8 Å². The van der Waals surface area contributed by atoms with Crippen LogP contribution < -0.4 is 5.32 Å². The molecule has 1 aliphatic heterocycles. The van der Waals surface area contributed by atoms with Gasteiger partial charge in [-0.3, -0.25) is 9.59 Å². The van der Waals surface area contributed by atoms with Crippen LogP contribution in [0.15, 0.2) is 0 Å². The highest BCUT2D eigenvalue weighted by atomic mass is 32.2. The molecule has 96 valence electrons. The number of rotatable bonds is 3. The number of sulfone groups is 1. The second-order valence-corrected chi connectivity index (χ2v) is 7.36. The average molecular weight is 261 g/mol. The van der Waals surface area contributed by atoms with Gasteiger partial charge in [-0.25, -0.2) is 8.42 Å². The second-order valence-electron chi connectivity index (χ2n) is 5.18. The third kappa shape index (κ3) is 2.59. The first-order valence-electron chi connectivity index (χ1n) is 5.48. The van der Waals surface area contributed by atoms with Gasteiger partial charge < -0.3 is 10.4 Å². The van der Waals surface area contributed by atoms with Crippen LogP contribution in [0.5, 0.6) is 0 Å². The Labute approximate surface area is 99.3 Å². The van der Waals surface area contributed by atoms with Crippen LogP contribution in [0.2, 0.25) is 0 Å². The SMILES string of the molecule is CC1(NC(=O)C2CC2C(=O)O)CCS(=O)(=O)C1. The Morgan fingerprint density at radius 2 is 2.00 bits per heavy atom. The summed E-state index contributed by atoms with van der Waals surface area (Å²) < 4.78 is 22.7. The number of amides is 1. The summed E-state index contributed by atoms with van der Waals surface area (Å²) in [5.41, 5.74) is -0.735. The number of hydrogen-bond donors (Lipinski definition) is 2. The fourth-order valence-corrected chi connectivity index (χ4v) is 4.35. The molecule has 0 aromatic heterocycles. The van der Waals surface area contributed by atoms with E-state index in [1.165, 1.54) is 0 Å². The van der Waals surface area contributed by atoms with E-state index in [2.05, 4.69) is 5.32 Å². The highest BCUT2D eigenvalue weighted by molar-refractivity contribution is 7.91. The van der Waals surface area contributed by atoms with Gasteiger partial charge in [0.2, 0.25) is 5.91 Å². The Bertz CT molecular complexity index is 471. The molecule has 1 amide bonds. The number of hydrogen-bond acceptors (Lipinski definition) is 4. The van der Waals surface area contributed by atoms with Crippen LogP contribution in [0.4, 0.5) is 0 Å². The Hall–Kier alpha value is -1.11. The van der Waals surface area contributed by atoms with Crippen LogP contribution in [0.3, 0.4) is 0 Å². The van der Waals surface area contributed by atoms with Gasteiger partial charge in [-0.1, -0.05) is 0 Å². The summed E-state index contributed by atoms with van der Waals surface area (Å²) in [5, 5.41) is 11.4. The molecule has 6 nitrogen and oxygen atoms in total. The summed E-state index contributed by atoms with van der Waals surface area (Å²) in [6.07, 6.45) is 0.746. The molecule has 0 bridgehead atoms. The van der Waals surface area contributed by atoms with E-state index in [1.54, 1.807) is 6.92 Å². The molecule has 1 heterocycles. The van der Waals surface area contributed by atoms with E-state index in [9.17, 15) is 18.0 Å². The van der Waals surface area contributed by atoms with Crippen LogP contribution in [0.25, 0.3) is 0 Å². The fraction of sp³-hybridized carbons (Fsp3) is 0.800. The van der Waals surface area contributed by atoms with Gasteiger partial charge in [0.15, 0.2) is 9.84 Å². The molecule has 0 aromatic carbocycles. The highest BCUT2D eigenvalue weighted by Gasteiger charge is 2.50. The summed E-state index contributed by atoms with van der Waals surface area (Å²) in [4.78, 5) is 22.3. The van der Waals surface area contributed by atoms with Crippen molar-refractivity contribution in [2.45, 2.75) is 25.3 Å². The molecule has 2 fully saturated rings. The Kier molecular flexibility index (Phi) is 2.68. The minimum absolute atomic E-state index is 0.0593. The highest BCUT2D eigenvalue weighted by Crippen LogP contribution is 2.39. The van der Waals surface area contributed by atoms with E-state index in [0.717, 1.165) is 0 Å². The number of nitrogens with one attached hydrogen (secondary N) is 1. The third-order valence-corrected chi connectivity index (χ3v) is 5.28. The molecule has 17 heavy (non-hydrogen) atoms. The van der Waals surface area contributed by atoms with Crippen molar-refractivity contribution in [2.75, 3.05) is 11.5 Å². The molecule has 3 atom stereocenters. The zero-order valence-corrected chi connectivity index (χ0v) is 10.3. The normalized spacial score (nSPS) is 38.6. The van der Waals surface area contributed by atoms with Crippen molar-refractivity contribution in [1.29, 1.82) is 0 Å². The van der Waals surface area contributed by atoms with Crippen LogP contribution in [-0.4, -0.2) is 42.4 Å². The summed E-state index contributed by atoms with van der Waals surface area (Å²) in [5.74, 6) is -2.37. The molecular formula is C10H15NO5S. The van der Waals surface area contributed by atoms with Crippen LogP contribution in [-0.2, 0) is 19.4 Å². The van der Waals surface area contributed by atoms with Gasteiger partial charge in [0.1, 0.15) is 0 Å². The fourth-order valence-electron chi connectivity index (χ4n) is 2.26. The molecule has 1 saturated carbocycles. The van der Waals surface area contributed by atoms with E-state index in [4.69, 9.17) is 5.11 Å². The van der Waals surface area contributed by atoms with Crippen molar-refractivity contribution in [3.63, 3.8) is 0 Å². The zero-order chi connectivity index (χ0) is 12.8. The summed E-state index contributed by atoms with van der Waals surface area (Å²) in [7, 11) is -3.07. The van der Waals surface area contributed by atoms with Crippen molar-refractivity contribution in [3.8, 4) is 0 Å². The predicted octanol–water partition coefficient (Wildman–Crippen LogP) is -0.599. The lowest BCUT2D eigenvalue weighted by molar-refractivity contribution is -0.140. The van der Waals surface area contributed by atoms with Crippen molar-refractivity contribution in [3.05, 3.63) is 0 Å². The number of carboxylic acids is 1. The van der Waals surface area contributed by atoms with Crippen LogP contribution in [0, 0.1) is 11.8 Å². The lowest BCUT2D eigenvalue weighted by atomic mass is 10.0. The molecule has 0 aromatic rings. The lowest BCUT2D eigenvalue weighted by Gasteiger charge is -2.23. The molecule has 7 heteroatoms. The van der Waals surface area contributed by atoms with Gasteiger partial charge in [0.05, 0.1) is 28.9 Å². The maximum absolute atomic E-state index is 11.7. The maximum Gasteiger partial charge on any atom is 0.307 e. The van der Waals surface area contributed by atoms with Crippen molar-refractivity contribution >= 4 is 21.7 Å². The summed E-state index contributed by atoms with van der Waals surface area (Å²) >= 11 is 0. The number of aliphatic carboxylic acids is 1. The molecule has 2 aliphatic rings. The molecule has 2 N–H and O–H groups in total. The van der Waals surface area contributed by atoms with Gasteiger partial charge in [0.25, 0.3) is 0 Å². The van der Waals surface area contributed by atoms with E-state index in [1.807, 2.05) is 0 Å². The minimum atomic E-state index is -3.07. The number of carbonyl (C=O) groups excluding carboxylic acids is 1. The maximum atomic E-state index is 11.7. The molecule has 2 rings (SSSR count). The molecular weight excluding hydrogens is 246 g/mol. The Morgan fingerprint density at radius 1 is 1.35 bits per heavy atom. The molecule has 1 saturated heterocycles. The van der Waals surface area contributed by atoms with Crippen molar-refractivity contribution < 1.29 is 23.1 Å². The van der Waals surface area contributed by atoms with E-state index in [-0.39, 0.29) is 17.4 Å². The third-order valence-electron chi connectivity index (χ3n) is 3.37. The van der Waals surface area contributed by atoms with E-state index in [0.29, 0.717) is 12.8 Å². The largest absolute Gasteiger partial charge is 0.481 e. The first-order valence-corrected chi connectivity index (χ1v) is 7.30. The van der Waals surface area contributed by atoms with Gasteiger partial charge >= 0.3 is 5.97 Å². The first kappa shape index (κ1) is 12.3. The zero-order valence-electron chi connectivity index (χ0n) is 9.47. The smallest absolute Gasteiger partial charge is 0.307 e. The topological polar surface area (TPSA) is 101 Å². The molecule has 0 radical (unpaired) electrons. The molecule has 1 aliphatic carbocycles. The monoisotopic (exact) mass is 261 g/mol. The minimum Gasteiger partial charge on any atom is -0.481 e. The van der Waals surface area contributed by atoms with Gasteiger partial charge in [0, 0.05) is 0 Å². The van der Waals surface area contributed by atoms with Crippen LogP contribution >= 0.6 is 0 Å². The average Bonchev–Trinajstić information content (AvgIpc) is 2.89. The van der Waals surface area contributed by atoms with Gasteiger partial charge in [-0.05, 0) is 19.8 Å². The Balaban J connectivity index is 1.95.